The Morgan fingerprint density at radius 2 is 0.433 bits per heavy atom. The lowest BCUT2D eigenvalue weighted by Gasteiger charge is -2.49. The van der Waals surface area contributed by atoms with Crippen LogP contribution in [0.15, 0.2) is 0 Å². The lowest BCUT2D eigenvalue weighted by atomic mass is 9.95. The maximum Gasteiger partial charge on any atom is 0.187 e. The van der Waals surface area contributed by atoms with Crippen LogP contribution < -0.4 is 0 Å². The average Bonchev–Trinajstić information content (AvgIpc) is 3.32. The van der Waals surface area contributed by atoms with Crippen LogP contribution in [0.1, 0.15) is 0 Å². The van der Waals surface area contributed by atoms with E-state index in [-0.39, 0.29) is 0 Å². The van der Waals surface area contributed by atoms with Gasteiger partial charge in [0.1, 0.15) is 146 Å². The van der Waals surface area contributed by atoms with Crippen molar-refractivity contribution in [1.82, 2.24) is 0 Å². The predicted octanol–water partition coefficient (Wildman–Crippen LogP) is -14.1. The molecular formula is C36H62O31. The van der Waals surface area contributed by atoms with Crippen LogP contribution in [0.25, 0.3) is 0 Å². The highest BCUT2D eigenvalue weighted by molar-refractivity contribution is 5.00. The smallest absolute Gasteiger partial charge is 0.187 e. The van der Waals surface area contributed by atoms with E-state index in [1.54, 1.807) is 0 Å². The summed E-state index contributed by atoms with van der Waals surface area (Å²) >= 11 is 0. The van der Waals surface area contributed by atoms with E-state index in [4.69, 9.17) is 52.1 Å². The van der Waals surface area contributed by atoms with Gasteiger partial charge < -0.3 is 154 Å². The molecule has 6 aliphatic rings. The van der Waals surface area contributed by atoms with Gasteiger partial charge in [-0.2, -0.15) is 0 Å². The normalized spacial score (nSPS) is 53.4. The molecule has 6 rings (SSSR count). The molecule has 392 valence electrons. The molecule has 6 saturated heterocycles. The monoisotopic (exact) mass is 990 g/mol. The molecule has 0 aromatic rings. The highest BCUT2D eigenvalue weighted by atomic mass is 16.8. The van der Waals surface area contributed by atoms with Crippen molar-refractivity contribution in [3.63, 3.8) is 0 Å². The van der Waals surface area contributed by atoms with Gasteiger partial charge in [0.05, 0.1) is 39.6 Å². The SMILES string of the molecule is OC[C@H]1O[C@@H](O[C@H]2[C@H](O)[C@H](O)[C@H](O[C@H]3[C@H](O)[C@H](O)[C@H](O[C@H]4[C@H](O)[C@H](O)[C@H](O[C@H]5[C@H](O)[C@H](O)[C@H](O[C@H]6[C@H](O)[C@H](O)[C@H](O)O[C@@H]6CO)O[C@@H]5CO)O[C@@H]4CO)O[C@@H]3CO)O[C@@H]2CO)[C@@H](O)[C@@H](O)[C@@H]1O. The van der Waals surface area contributed by atoms with E-state index >= 15 is 0 Å². The van der Waals surface area contributed by atoms with E-state index in [0.29, 0.717) is 0 Å². The molecule has 0 aromatic heterocycles. The van der Waals surface area contributed by atoms with Gasteiger partial charge in [-0.3, -0.25) is 0 Å². The van der Waals surface area contributed by atoms with Crippen molar-refractivity contribution >= 4 is 0 Å². The van der Waals surface area contributed by atoms with Gasteiger partial charge in [-0.1, -0.05) is 0 Å². The van der Waals surface area contributed by atoms with Gasteiger partial charge in [-0.05, 0) is 0 Å². The molecule has 0 bridgehead atoms. The highest BCUT2D eigenvalue weighted by Crippen LogP contribution is 2.36. The Bertz CT molecular complexity index is 1500. The summed E-state index contributed by atoms with van der Waals surface area (Å²) in [6, 6.07) is 0. The second kappa shape index (κ2) is 23.5. The van der Waals surface area contributed by atoms with Gasteiger partial charge in [0.25, 0.3) is 0 Å². The van der Waals surface area contributed by atoms with Crippen molar-refractivity contribution in [2.75, 3.05) is 39.6 Å². The number of ether oxygens (including phenoxy) is 11. The average molecular weight is 991 g/mol. The lowest BCUT2D eigenvalue weighted by Crippen LogP contribution is -2.68. The minimum Gasteiger partial charge on any atom is -0.394 e. The van der Waals surface area contributed by atoms with Crippen molar-refractivity contribution in [2.24, 2.45) is 0 Å². The molecule has 0 aromatic carbocycles. The van der Waals surface area contributed by atoms with E-state index in [9.17, 15) is 102 Å². The van der Waals surface area contributed by atoms with Crippen LogP contribution >= 0.6 is 0 Å². The molecule has 6 fully saturated rings. The minimum absolute atomic E-state index is 0.830. The maximum atomic E-state index is 11.2. The summed E-state index contributed by atoms with van der Waals surface area (Å²) in [5, 5.41) is 209. The number of aliphatic hydroxyl groups excluding tert-OH is 20. The van der Waals surface area contributed by atoms with Crippen molar-refractivity contribution in [3.8, 4) is 0 Å². The molecule has 0 unspecified atom stereocenters. The third kappa shape index (κ3) is 11.2. The molecule has 31 heteroatoms. The van der Waals surface area contributed by atoms with E-state index in [1.165, 1.54) is 0 Å². The zero-order chi connectivity index (χ0) is 49.3. The Labute approximate surface area is 378 Å². The zero-order valence-electron chi connectivity index (χ0n) is 35.0. The summed E-state index contributed by atoms with van der Waals surface area (Å²) in [5.74, 6) is 0. The van der Waals surface area contributed by atoms with Crippen LogP contribution in [0.3, 0.4) is 0 Å². The molecule has 20 N–H and O–H groups in total. The topological polar surface area (TPSA) is 506 Å². The Balaban J connectivity index is 1.07. The Kier molecular flexibility index (Phi) is 19.4. The first kappa shape index (κ1) is 55.1. The van der Waals surface area contributed by atoms with Crippen molar-refractivity contribution in [3.05, 3.63) is 0 Å². The second-order valence-corrected chi connectivity index (χ2v) is 16.8. The van der Waals surface area contributed by atoms with Gasteiger partial charge >= 0.3 is 0 Å². The van der Waals surface area contributed by atoms with Gasteiger partial charge in [0, 0.05) is 0 Å². The molecule has 30 atom stereocenters. The van der Waals surface area contributed by atoms with Crippen LogP contribution in [0.4, 0.5) is 0 Å². The molecule has 0 aliphatic carbocycles. The largest absolute Gasteiger partial charge is 0.394 e. The molecular weight excluding hydrogens is 928 g/mol. The van der Waals surface area contributed by atoms with Crippen LogP contribution in [0.5, 0.6) is 0 Å². The number of hydrogen-bond donors (Lipinski definition) is 20. The summed E-state index contributed by atoms with van der Waals surface area (Å²) < 4.78 is 60.5. The molecule has 6 heterocycles. The van der Waals surface area contributed by atoms with Gasteiger partial charge in [0.15, 0.2) is 37.7 Å². The molecule has 0 amide bonds. The molecule has 0 saturated carbocycles. The second-order valence-electron chi connectivity index (χ2n) is 16.8. The third-order valence-corrected chi connectivity index (χ3v) is 12.4. The lowest BCUT2D eigenvalue weighted by molar-refractivity contribution is -0.396. The molecule has 67 heavy (non-hydrogen) atoms. The molecule has 0 radical (unpaired) electrons. The number of hydrogen-bond acceptors (Lipinski definition) is 31. The summed E-state index contributed by atoms with van der Waals surface area (Å²) in [4.78, 5) is 0. The number of rotatable bonds is 16. The van der Waals surface area contributed by atoms with Crippen molar-refractivity contribution < 1.29 is 154 Å². The quantitative estimate of drug-likeness (QED) is 0.0683. The zero-order valence-corrected chi connectivity index (χ0v) is 35.0. The Hall–Kier alpha value is -1.24. The van der Waals surface area contributed by atoms with Crippen LogP contribution in [-0.2, 0) is 52.1 Å². The number of aliphatic hydroxyl groups is 20. The first-order valence-electron chi connectivity index (χ1n) is 21.1. The van der Waals surface area contributed by atoms with Gasteiger partial charge in [0.2, 0.25) is 0 Å². The fraction of sp³-hybridized carbons (Fsp3) is 1.00. The first-order valence-corrected chi connectivity index (χ1v) is 21.1. The summed E-state index contributed by atoms with van der Waals surface area (Å²) in [6.07, 6.45) is -56.5. The standard InChI is InChI=1S/C36H62O31/c37-1-7-13(43)14(44)21(51)32(58-7)64-27-9(3-39)60-34(23(53)16(27)46)66-29-11(5-41)62-36(25(55)18(29)48)67-30-12(6-42)61-35(24(54)19(30)49)65-28-10(4-40)59-33(22(52)17(28)47)63-26-8(2-38)57-31(56)20(50)15(26)45/h7-56H,1-6H2/t7-,8-,9-,10-,11-,12-,13-,14+,15-,16-,17-,18-,19-,20+,21+,22+,23+,24+,25+,26-,27-,28-,29-,30-,31-,32+,33+,34+,35+,36+/m1/s1. The molecule has 6 aliphatic heterocycles. The van der Waals surface area contributed by atoms with E-state index in [1.807, 2.05) is 0 Å². The van der Waals surface area contributed by atoms with Crippen LogP contribution in [-0.4, -0.2) is 326 Å². The predicted molar refractivity (Wildman–Crippen MR) is 199 cm³/mol. The minimum atomic E-state index is -2.18. The third-order valence-electron chi connectivity index (χ3n) is 12.4. The van der Waals surface area contributed by atoms with E-state index < -0.39 is 224 Å². The summed E-state index contributed by atoms with van der Waals surface area (Å²) in [6.45, 7) is -5.67. The fourth-order valence-corrected chi connectivity index (χ4v) is 8.52. The molecule has 0 spiro atoms. The van der Waals surface area contributed by atoms with E-state index in [2.05, 4.69) is 0 Å². The summed E-state index contributed by atoms with van der Waals surface area (Å²) in [7, 11) is 0. The van der Waals surface area contributed by atoms with Crippen molar-refractivity contribution in [1.29, 1.82) is 0 Å². The van der Waals surface area contributed by atoms with Gasteiger partial charge in [-0.15, -0.1) is 0 Å². The van der Waals surface area contributed by atoms with Gasteiger partial charge in [-0.25, -0.2) is 0 Å². The molecule has 31 nitrogen and oxygen atoms in total. The Morgan fingerprint density at radius 1 is 0.224 bits per heavy atom. The Morgan fingerprint density at radius 3 is 0.687 bits per heavy atom. The van der Waals surface area contributed by atoms with Crippen LogP contribution in [0.2, 0.25) is 0 Å². The highest BCUT2D eigenvalue weighted by Gasteiger charge is 2.57. The van der Waals surface area contributed by atoms with Crippen LogP contribution in [0, 0.1) is 0 Å². The van der Waals surface area contributed by atoms with Crippen molar-refractivity contribution in [2.45, 2.75) is 184 Å². The first-order chi connectivity index (χ1) is 31.8. The van der Waals surface area contributed by atoms with E-state index in [0.717, 1.165) is 0 Å². The fourth-order valence-electron chi connectivity index (χ4n) is 8.52. The maximum absolute atomic E-state index is 11.2. The summed E-state index contributed by atoms with van der Waals surface area (Å²) in [5.41, 5.74) is 0.